The lowest BCUT2D eigenvalue weighted by Gasteiger charge is -2.31. The van der Waals surface area contributed by atoms with Gasteiger partial charge in [-0.2, -0.15) is 0 Å². The molecule has 4 heteroatoms. The molecule has 2 unspecified atom stereocenters. The van der Waals surface area contributed by atoms with E-state index in [1.54, 1.807) is 0 Å². The smallest absolute Gasteiger partial charge is 0.237 e. The Balaban J connectivity index is 2.72. The van der Waals surface area contributed by atoms with Gasteiger partial charge >= 0.3 is 0 Å². The minimum Gasteiger partial charge on any atom is -0.352 e. The molecule has 0 aromatic heterocycles. The number of carbonyl (C=O) groups is 1. The summed E-state index contributed by atoms with van der Waals surface area (Å²) in [4.78, 5) is 14.4. The standard InChI is InChI=1S/C12H25N3O/c1-9(2)15-8-6-10(3)14-12(16)11(15)5-7-13-4/h9-11,13H,5-8H2,1-4H3,(H,14,16). The first-order valence-corrected chi connectivity index (χ1v) is 6.27. The number of nitrogens with zero attached hydrogens (tertiary/aromatic N) is 1. The predicted molar refractivity (Wildman–Crippen MR) is 66.4 cm³/mol. The van der Waals surface area contributed by atoms with E-state index in [1.165, 1.54) is 0 Å². The fourth-order valence-electron chi connectivity index (χ4n) is 2.26. The highest BCUT2D eigenvalue weighted by Gasteiger charge is 2.30. The third-order valence-corrected chi connectivity index (χ3v) is 3.24. The van der Waals surface area contributed by atoms with E-state index >= 15 is 0 Å². The summed E-state index contributed by atoms with van der Waals surface area (Å²) in [7, 11) is 1.93. The van der Waals surface area contributed by atoms with Crippen molar-refractivity contribution in [1.29, 1.82) is 0 Å². The fourth-order valence-corrected chi connectivity index (χ4v) is 2.26. The fraction of sp³-hybridized carbons (Fsp3) is 0.917. The van der Waals surface area contributed by atoms with Crippen molar-refractivity contribution in [3.8, 4) is 0 Å². The van der Waals surface area contributed by atoms with Crippen LogP contribution in [0.3, 0.4) is 0 Å². The van der Waals surface area contributed by atoms with Gasteiger partial charge in [0.25, 0.3) is 0 Å². The van der Waals surface area contributed by atoms with Crippen LogP contribution in [-0.2, 0) is 4.79 Å². The molecule has 1 amide bonds. The maximum atomic E-state index is 12.1. The van der Waals surface area contributed by atoms with Crippen LogP contribution in [0.25, 0.3) is 0 Å². The Morgan fingerprint density at radius 3 is 2.81 bits per heavy atom. The largest absolute Gasteiger partial charge is 0.352 e. The van der Waals surface area contributed by atoms with E-state index in [2.05, 4.69) is 36.3 Å². The van der Waals surface area contributed by atoms with E-state index in [0.29, 0.717) is 12.1 Å². The van der Waals surface area contributed by atoms with Gasteiger partial charge < -0.3 is 10.6 Å². The van der Waals surface area contributed by atoms with Gasteiger partial charge in [0.1, 0.15) is 0 Å². The van der Waals surface area contributed by atoms with E-state index in [4.69, 9.17) is 0 Å². The van der Waals surface area contributed by atoms with Gasteiger partial charge in [-0.05, 0) is 47.2 Å². The first-order valence-electron chi connectivity index (χ1n) is 6.27. The van der Waals surface area contributed by atoms with E-state index in [-0.39, 0.29) is 11.9 Å². The van der Waals surface area contributed by atoms with Crippen molar-refractivity contribution in [3.63, 3.8) is 0 Å². The molecule has 2 atom stereocenters. The molecule has 1 aliphatic heterocycles. The zero-order valence-corrected chi connectivity index (χ0v) is 10.9. The molecular weight excluding hydrogens is 202 g/mol. The first kappa shape index (κ1) is 13.5. The van der Waals surface area contributed by atoms with Crippen LogP contribution in [0.5, 0.6) is 0 Å². The zero-order valence-electron chi connectivity index (χ0n) is 10.9. The quantitative estimate of drug-likeness (QED) is 0.738. The minimum absolute atomic E-state index is 0.0254. The molecule has 1 saturated heterocycles. The van der Waals surface area contributed by atoms with Gasteiger partial charge in [-0.15, -0.1) is 0 Å². The summed E-state index contributed by atoms with van der Waals surface area (Å²) < 4.78 is 0. The average molecular weight is 227 g/mol. The van der Waals surface area contributed by atoms with Crippen molar-refractivity contribution in [2.45, 2.75) is 51.7 Å². The Labute approximate surface area is 98.8 Å². The summed E-state index contributed by atoms with van der Waals surface area (Å²) in [5.41, 5.74) is 0. The van der Waals surface area contributed by atoms with Crippen LogP contribution >= 0.6 is 0 Å². The zero-order chi connectivity index (χ0) is 12.1. The number of amides is 1. The second-order valence-corrected chi connectivity index (χ2v) is 4.94. The van der Waals surface area contributed by atoms with Gasteiger partial charge in [-0.25, -0.2) is 0 Å². The minimum atomic E-state index is 0.0254. The second kappa shape index (κ2) is 6.21. The SMILES string of the molecule is CNCCC1C(=O)NC(C)CCN1C(C)C. The van der Waals surface area contributed by atoms with E-state index in [1.807, 2.05) is 7.05 Å². The molecule has 1 fully saturated rings. The molecule has 16 heavy (non-hydrogen) atoms. The Morgan fingerprint density at radius 2 is 2.25 bits per heavy atom. The molecule has 0 bridgehead atoms. The highest BCUT2D eigenvalue weighted by Crippen LogP contribution is 2.14. The van der Waals surface area contributed by atoms with Gasteiger partial charge in [0.05, 0.1) is 6.04 Å². The first-order chi connectivity index (χ1) is 7.56. The van der Waals surface area contributed by atoms with Gasteiger partial charge in [0.15, 0.2) is 0 Å². The molecule has 0 radical (unpaired) electrons. The molecule has 0 spiro atoms. The number of rotatable bonds is 4. The maximum absolute atomic E-state index is 12.1. The van der Waals surface area contributed by atoms with Crippen molar-refractivity contribution >= 4 is 5.91 Å². The van der Waals surface area contributed by atoms with Crippen molar-refractivity contribution < 1.29 is 4.79 Å². The van der Waals surface area contributed by atoms with Gasteiger partial charge in [-0.1, -0.05) is 0 Å². The second-order valence-electron chi connectivity index (χ2n) is 4.94. The predicted octanol–water partition coefficient (Wildman–Crippen LogP) is 0.583. The summed E-state index contributed by atoms with van der Waals surface area (Å²) in [5.74, 6) is 0.189. The van der Waals surface area contributed by atoms with Crippen molar-refractivity contribution in [3.05, 3.63) is 0 Å². The lowest BCUT2D eigenvalue weighted by atomic mass is 10.1. The van der Waals surface area contributed by atoms with Gasteiger partial charge in [0.2, 0.25) is 5.91 Å². The Bertz CT molecular complexity index is 230. The summed E-state index contributed by atoms with van der Waals surface area (Å²) in [5, 5.41) is 6.20. The molecule has 0 aliphatic carbocycles. The van der Waals surface area contributed by atoms with Crippen molar-refractivity contribution in [1.82, 2.24) is 15.5 Å². The summed E-state index contributed by atoms with van der Waals surface area (Å²) in [6, 6.07) is 0.753. The molecule has 94 valence electrons. The van der Waals surface area contributed by atoms with E-state index < -0.39 is 0 Å². The Hall–Kier alpha value is -0.610. The summed E-state index contributed by atoms with van der Waals surface area (Å²) in [6.07, 6.45) is 1.92. The monoisotopic (exact) mass is 227 g/mol. The topological polar surface area (TPSA) is 44.4 Å². The third kappa shape index (κ3) is 3.46. The number of nitrogens with one attached hydrogen (secondary N) is 2. The number of hydrogen-bond donors (Lipinski definition) is 2. The molecule has 0 aromatic carbocycles. The lowest BCUT2D eigenvalue weighted by Crippen LogP contribution is -2.48. The van der Waals surface area contributed by atoms with Crippen molar-refractivity contribution in [2.75, 3.05) is 20.1 Å². The van der Waals surface area contributed by atoms with Gasteiger partial charge in [0, 0.05) is 18.6 Å². The Morgan fingerprint density at radius 1 is 1.56 bits per heavy atom. The molecule has 0 aromatic rings. The van der Waals surface area contributed by atoms with Crippen LogP contribution in [0, 0.1) is 0 Å². The number of hydrogen-bond acceptors (Lipinski definition) is 3. The van der Waals surface area contributed by atoms with Crippen LogP contribution in [0.15, 0.2) is 0 Å². The van der Waals surface area contributed by atoms with Crippen LogP contribution in [-0.4, -0.2) is 49.1 Å². The highest BCUT2D eigenvalue weighted by molar-refractivity contribution is 5.82. The van der Waals surface area contributed by atoms with Gasteiger partial charge in [-0.3, -0.25) is 9.69 Å². The van der Waals surface area contributed by atoms with Crippen LogP contribution < -0.4 is 10.6 Å². The molecule has 0 saturated carbocycles. The van der Waals surface area contributed by atoms with Crippen molar-refractivity contribution in [2.24, 2.45) is 0 Å². The molecule has 1 rings (SSSR count). The third-order valence-electron chi connectivity index (χ3n) is 3.24. The number of carbonyl (C=O) groups excluding carboxylic acids is 1. The lowest BCUT2D eigenvalue weighted by molar-refractivity contribution is -0.126. The molecule has 1 heterocycles. The average Bonchev–Trinajstić information content (AvgIpc) is 2.34. The molecule has 4 nitrogen and oxygen atoms in total. The maximum Gasteiger partial charge on any atom is 0.237 e. The van der Waals surface area contributed by atoms with E-state index in [9.17, 15) is 4.79 Å². The normalized spacial score (nSPS) is 27.9. The van der Waals surface area contributed by atoms with Crippen LogP contribution in [0.4, 0.5) is 0 Å². The summed E-state index contributed by atoms with van der Waals surface area (Å²) >= 11 is 0. The Kier molecular flexibility index (Phi) is 5.22. The van der Waals surface area contributed by atoms with Crippen LogP contribution in [0.2, 0.25) is 0 Å². The molecule has 1 aliphatic rings. The molecular formula is C12H25N3O. The highest BCUT2D eigenvalue weighted by atomic mass is 16.2. The van der Waals surface area contributed by atoms with E-state index in [0.717, 1.165) is 25.9 Å². The summed E-state index contributed by atoms with van der Waals surface area (Å²) in [6.45, 7) is 8.30. The van der Waals surface area contributed by atoms with Crippen LogP contribution in [0.1, 0.15) is 33.6 Å². The molecule has 2 N–H and O–H groups in total.